The molecule has 7 heteroatoms. The summed E-state index contributed by atoms with van der Waals surface area (Å²) in [4.78, 5) is 4.71. The lowest BCUT2D eigenvalue weighted by Crippen LogP contribution is -2.10. The molecule has 0 amide bonds. The summed E-state index contributed by atoms with van der Waals surface area (Å²) in [5.74, 6) is -1.63. The number of thioether (sulfide) groups is 1. The van der Waals surface area contributed by atoms with Gasteiger partial charge in [0, 0.05) is 17.1 Å². The highest BCUT2D eigenvalue weighted by atomic mass is 32.2. The van der Waals surface area contributed by atoms with Crippen molar-refractivity contribution in [2.45, 2.75) is 37.1 Å². The Morgan fingerprint density at radius 2 is 2.15 bits per heavy atom. The maximum Gasteiger partial charge on any atom is 0.288 e. The first kappa shape index (κ1) is 14.8. The summed E-state index contributed by atoms with van der Waals surface area (Å²) in [7, 11) is 0. The van der Waals surface area contributed by atoms with Crippen LogP contribution in [-0.4, -0.2) is 20.5 Å². The first-order chi connectivity index (χ1) is 9.70. The number of halogens is 2. The second-order valence-electron chi connectivity index (χ2n) is 4.13. The Kier molecular flexibility index (Phi) is 5.34. The van der Waals surface area contributed by atoms with Crippen LogP contribution in [0.25, 0.3) is 0 Å². The van der Waals surface area contributed by atoms with Crippen molar-refractivity contribution in [3.05, 3.63) is 36.4 Å². The van der Waals surface area contributed by atoms with E-state index in [1.54, 1.807) is 18.2 Å². The first-order valence-electron chi connectivity index (χ1n) is 6.35. The molecule has 20 heavy (non-hydrogen) atoms. The summed E-state index contributed by atoms with van der Waals surface area (Å²) in [6.07, 6.45) is 2.47. The van der Waals surface area contributed by atoms with Gasteiger partial charge in [0.1, 0.15) is 12.2 Å². The lowest BCUT2D eigenvalue weighted by molar-refractivity contribution is 0.252. The van der Waals surface area contributed by atoms with Crippen molar-refractivity contribution in [1.82, 2.24) is 14.8 Å². The molecule has 0 aliphatic heterocycles. The minimum Gasteiger partial charge on any atom is -0.377 e. The molecule has 0 aliphatic rings. The SMILES string of the molecule is CCCn1ncnc1CNc1ccccc1SC(F)F. The van der Waals surface area contributed by atoms with E-state index >= 15 is 0 Å². The number of rotatable bonds is 7. The molecule has 1 aromatic carbocycles. The number of hydrogen-bond donors (Lipinski definition) is 1. The highest BCUT2D eigenvalue weighted by Gasteiger charge is 2.10. The number of nitrogens with one attached hydrogen (secondary N) is 1. The van der Waals surface area contributed by atoms with Crippen LogP contribution in [-0.2, 0) is 13.1 Å². The zero-order chi connectivity index (χ0) is 14.4. The Morgan fingerprint density at radius 1 is 1.35 bits per heavy atom. The maximum atomic E-state index is 12.5. The molecule has 108 valence electrons. The van der Waals surface area contributed by atoms with Gasteiger partial charge >= 0.3 is 0 Å². The quantitative estimate of drug-likeness (QED) is 0.793. The number of alkyl halides is 2. The molecule has 1 heterocycles. The molecule has 0 unspecified atom stereocenters. The molecular weight excluding hydrogens is 282 g/mol. The number of anilines is 1. The number of aryl methyl sites for hydroxylation is 1. The highest BCUT2D eigenvalue weighted by molar-refractivity contribution is 7.99. The average molecular weight is 298 g/mol. The molecule has 0 fully saturated rings. The van der Waals surface area contributed by atoms with Gasteiger partial charge in [-0.3, -0.25) is 0 Å². The third-order valence-electron chi connectivity index (χ3n) is 2.67. The second kappa shape index (κ2) is 7.23. The summed E-state index contributed by atoms with van der Waals surface area (Å²) < 4.78 is 26.8. The smallest absolute Gasteiger partial charge is 0.288 e. The molecule has 0 saturated carbocycles. The van der Waals surface area contributed by atoms with E-state index in [2.05, 4.69) is 22.3 Å². The Morgan fingerprint density at radius 3 is 2.90 bits per heavy atom. The van der Waals surface area contributed by atoms with Gasteiger partial charge in [0.25, 0.3) is 5.76 Å². The van der Waals surface area contributed by atoms with Crippen LogP contribution in [0.4, 0.5) is 14.5 Å². The van der Waals surface area contributed by atoms with Crippen LogP contribution in [0.3, 0.4) is 0 Å². The summed E-state index contributed by atoms with van der Waals surface area (Å²) in [5, 5.41) is 7.27. The van der Waals surface area contributed by atoms with Crippen molar-refractivity contribution in [1.29, 1.82) is 0 Å². The van der Waals surface area contributed by atoms with Crippen LogP contribution in [0.1, 0.15) is 19.2 Å². The van der Waals surface area contributed by atoms with Crippen molar-refractivity contribution < 1.29 is 8.78 Å². The topological polar surface area (TPSA) is 42.7 Å². The number of nitrogens with zero attached hydrogens (tertiary/aromatic N) is 3. The van der Waals surface area contributed by atoms with Crippen LogP contribution in [0.15, 0.2) is 35.5 Å². The van der Waals surface area contributed by atoms with Crippen molar-refractivity contribution in [2.24, 2.45) is 0 Å². The van der Waals surface area contributed by atoms with E-state index in [9.17, 15) is 8.78 Å². The minimum absolute atomic E-state index is 0.459. The summed E-state index contributed by atoms with van der Waals surface area (Å²) in [6.45, 7) is 3.32. The van der Waals surface area contributed by atoms with Crippen LogP contribution < -0.4 is 5.32 Å². The summed E-state index contributed by atoms with van der Waals surface area (Å²) in [5.41, 5.74) is 0.684. The van der Waals surface area contributed by atoms with Crippen LogP contribution in [0.5, 0.6) is 0 Å². The molecular formula is C13H16F2N4S. The van der Waals surface area contributed by atoms with Crippen LogP contribution in [0.2, 0.25) is 0 Å². The standard InChI is InChI=1S/C13H16F2N4S/c1-2-7-19-12(17-9-18-19)8-16-10-5-3-4-6-11(10)20-13(14)15/h3-6,9,13,16H,2,7-8H2,1H3. The number of aromatic nitrogens is 3. The predicted octanol–water partition coefficient (Wildman–Crippen LogP) is 3.61. The molecule has 2 rings (SSSR count). The maximum absolute atomic E-state index is 12.5. The van der Waals surface area contributed by atoms with E-state index < -0.39 is 5.76 Å². The lowest BCUT2D eigenvalue weighted by atomic mass is 10.3. The molecule has 2 aromatic rings. The van der Waals surface area contributed by atoms with Gasteiger partial charge < -0.3 is 5.32 Å². The molecule has 1 aromatic heterocycles. The van der Waals surface area contributed by atoms with Crippen LogP contribution >= 0.6 is 11.8 Å². The van der Waals surface area contributed by atoms with Crippen LogP contribution in [0, 0.1) is 0 Å². The molecule has 0 aliphatic carbocycles. The van der Waals surface area contributed by atoms with E-state index in [1.807, 2.05) is 10.7 Å². The predicted molar refractivity (Wildman–Crippen MR) is 75.9 cm³/mol. The Labute approximate surface area is 120 Å². The van der Waals surface area contributed by atoms with Crippen molar-refractivity contribution >= 4 is 17.4 Å². The number of benzene rings is 1. The van der Waals surface area contributed by atoms with Gasteiger partial charge in [0.05, 0.1) is 6.54 Å². The van der Waals surface area contributed by atoms with E-state index in [-0.39, 0.29) is 0 Å². The van der Waals surface area contributed by atoms with Gasteiger partial charge in [0.15, 0.2) is 0 Å². The molecule has 0 bridgehead atoms. The van der Waals surface area contributed by atoms with Gasteiger partial charge in [-0.15, -0.1) is 0 Å². The van der Waals surface area contributed by atoms with E-state index in [0.717, 1.165) is 18.8 Å². The van der Waals surface area contributed by atoms with E-state index in [0.29, 0.717) is 28.9 Å². The Balaban J connectivity index is 2.05. The monoisotopic (exact) mass is 298 g/mol. The van der Waals surface area contributed by atoms with Gasteiger partial charge in [0.2, 0.25) is 0 Å². The van der Waals surface area contributed by atoms with Gasteiger partial charge in [-0.2, -0.15) is 13.9 Å². The normalized spacial score (nSPS) is 11.0. The summed E-state index contributed by atoms with van der Waals surface area (Å²) in [6, 6.07) is 7.02. The lowest BCUT2D eigenvalue weighted by Gasteiger charge is -2.11. The third kappa shape index (κ3) is 3.93. The largest absolute Gasteiger partial charge is 0.377 e. The molecule has 0 spiro atoms. The number of hydrogen-bond acceptors (Lipinski definition) is 4. The van der Waals surface area contributed by atoms with Crippen molar-refractivity contribution in [3.63, 3.8) is 0 Å². The fourth-order valence-electron chi connectivity index (χ4n) is 1.81. The Hall–Kier alpha value is -1.63. The Bertz CT molecular complexity index is 545. The van der Waals surface area contributed by atoms with E-state index in [4.69, 9.17) is 0 Å². The average Bonchev–Trinajstić information content (AvgIpc) is 2.85. The molecule has 4 nitrogen and oxygen atoms in total. The molecule has 1 N–H and O–H groups in total. The van der Waals surface area contributed by atoms with E-state index in [1.165, 1.54) is 6.33 Å². The molecule has 0 saturated heterocycles. The van der Waals surface area contributed by atoms with Gasteiger partial charge in [-0.25, -0.2) is 9.67 Å². The zero-order valence-corrected chi connectivity index (χ0v) is 11.9. The molecule has 0 atom stereocenters. The van der Waals surface area contributed by atoms with Gasteiger partial charge in [-0.05, 0) is 18.6 Å². The zero-order valence-electron chi connectivity index (χ0n) is 11.1. The summed E-state index contributed by atoms with van der Waals surface area (Å²) >= 11 is 0.538. The van der Waals surface area contributed by atoms with Crippen molar-refractivity contribution in [3.8, 4) is 0 Å². The van der Waals surface area contributed by atoms with Gasteiger partial charge in [-0.1, -0.05) is 30.8 Å². The molecule has 0 radical (unpaired) electrons. The number of para-hydroxylation sites is 1. The fraction of sp³-hybridized carbons (Fsp3) is 0.385. The third-order valence-corrected chi connectivity index (χ3v) is 3.46. The highest BCUT2D eigenvalue weighted by Crippen LogP contribution is 2.31. The first-order valence-corrected chi connectivity index (χ1v) is 7.23. The minimum atomic E-state index is -2.43. The second-order valence-corrected chi connectivity index (χ2v) is 5.16. The van der Waals surface area contributed by atoms with Crippen molar-refractivity contribution in [2.75, 3.05) is 5.32 Å². The fourth-order valence-corrected chi connectivity index (χ4v) is 2.43.